The Balaban J connectivity index is 3.39. The maximum Gasteiger partial charge on any atom is 0.404 e. The van der Waals surface area contributed by atoms with Crippen molar-refractivity contribution in [1.29, 1.82) is 0 Å². The minimum absolute atomic E-state index is 0.521. The lowest BCUT2D eigenvalue weighted by atomic mass is 10.2. The predicted octanol–water partition coefficient (Wildman–Crippen LogP) is 6.01. The number of hydrogen-bond acceptors (Lipinski definition) is 1. The first-order valence-corrected chi connectivity index (χ1v) is 8.84. The molecule has 0 bridgehead atoms. The van der Waals surface area contributed by atoms with Gasteiger partial charge in [-0.3, -0.25) is 0 Å². The molecule has 0 aliphatic rings. The Hall–Kier alpha value is -1.77. The Morgan fingerprint density at radius 1 is 0.783 bits per heavy atom. The Morgan fingerprint density at radius 2 is 1.26 bits per heavy atom. The smallest absolute Gasteiger partial charge is 0.404 e. The molecule has 1 amide bonds. The van der Waals surface area contributed by atoms with Gasteiger partial charge in [-0.15, -0.1) is 0 Å². The molecule has 3 nitrogen and oxygen atoms in total. The van der Waals surface area contributed by atoms with Crippen LogP contribution in [0.3, 0.4) is 0 Å². The standard InChI is InChI=1S/C20H33NO2/c1-2-3-4-5-6-7-8-9-10-11-12-13-14-15-16-17-18-19-21-20(22)23/h6-7,9-10,12-13,15-16,21H,2-5,8,11,14,17-19H2,1H3,(H,22,23)/b7-6-,10-9-,13-12-,16-15-. The van der Waals surface area contributed by atoms with Gasteiger partial charge in [-0.2, -0.15) is 0 Å². The molecule has 2 N–H and O–H groups in total. The summed E-state index contributed by atoms with van der Waals surface area (Å²) in [6.45, 7) is 2.75. The summed E-state index contributed by atoms with van der Waals surface area (Å²) in [5, 5.41) is 10.8. The average molecular weight is 319 g/mol. The molecule has 0 saturated carbocycles. The first-order valence-electron chi connectivity index (χ1n) is 8.84. The van der Waals surface area contributed by atoms with Crippen LogP contribution in [0.2, 0.25) is 0 Å². The van der Waals surface area contributed by atoms with Crippen molar-refractivity contribution in [2.45, 2.75) is 64.7 Å². The minimum atomic E-state index is -0.947. The van der Waals surface area contributed by atoms with Crippen molar-refractivity contribution < 1.29 is 9.90 Å². The van der Waals surface area contributed by atoms with Crippen LogP contribution in [-0.2, 0) is 0 Å². The van der Waals surface area contributed by atoms with Gasteiger partial charge >= 0.3 is 6.09 Å². The zero-order valence-corrected chi connectivity index (χ0v) is 14.5. The quantitative estimate of drug-likeness (QED) is 0.304. The summed E-state index contributed by atoms with van der Waals surface area (Å²) < 4.78 is 0. The summed E-state index contributed by atoms with van der Waals surface area (Å²) in [6.07, 6.45) is 26.4. The van der Waals surface area contributed by atoms with E-state index < -0.39 is 6.09 Å². The Labute approximate surface area is 141 Å². The number of amides is 1. The van der Waals surface area contributed by atoms with E-state index in [1.807, 2.05) is 0 Å². The van der Waals surface area contributed by atoms with E-state index in [1.54, 1.807) is 0 Å². The number of nitrogens with one attached hydrogen (secondary N) is 1. The summed E-state index contributed by atoms with van der Waals surface area (Å²) in [7, 11) is 0. The fraction of sp³-hybridized carbons (Fsp3) is 0.550. The van der Waals surface area contributed by atoms with Crippen molar-refractivity contribution in [3.05, 3.63) is 48.6 Å². The topological polar surface area (TPSA) is 49.3 Å². The van der Waals surface area contributed by atoms with E-state index in [2.05, 4.69) is 60.8 Å². The highest BCUT2D eigenvalue weighted by molar-refractivity contribution is 5.64. The van der Waals surface area contributed by atoms with Crippen molar-refractivity contribution >= 4 is 6.09 Å². The molecular weight excluding hydrogens is 286 g/mol. The van der Waals surface area contributed by atoms with Gasteiger partial charge in [-0.25, -0.2) is 4.79 Å². The molecule has 0 atom stereocenters. The zero-order chi connectivity index (χ0) is 17.0. The van der Waals surface area contributed by atoms with E-state index >= 15 is 0 Å². The third kappa shape index (κ3) is 20.2. The second-order valence-corrected chi connectivity index (χ2v) is 5.46. The van der Waals surface area contributed by atoms with Crippen LogP contribution >= 0.6 is 0 Å². The number of carboxylic acid groups (broad SMARTS) is 1. The van der Waals surface area contributed by atoms with Gasteiger partial charge in [0.15, 0.2) is 0 Å². The molecule has 0 aromatic rings. The van der Waals surface area contributed by atoms with Crippen molar-refractivity contribution in [1.82, 2.24) is 5.32 Å². The molecule has 0 aromatic heterocycles. The number of hydrogen-bond donors (Lipinski definition) is 2. The third-order valence-corrected chi connectivity index (χ3v) is 3.28. The van der Waals surface area contributed by atoms with Crippen LogP contribution in [0.1, 0.15) is 64.7 Å². The molecule has 0 radical (unpaired) electrons. The predicted molar refractivity (Wildman–Crippen MR) is 99.8 cm³/mol. The summed E-state index contributed by atoms with van der Waals surface area (Å²) in [5.41, 5.74) is 0. The fourth-order valence-corrected chi connectivity index (χ4v) is 1.98. The van der Waals surface area contributed by atoms with Gasteiger partial charge in [0.05, 0.1) is 0 Å². The van der Waals surface area contributed by atoms with Crippen molar-refractivity contribution in [3.63, 3.8) is 0 Å². The lowest BCUT2D eigenvalue weighted by molar-refractivity contribution is 0.194. The molecule has 0 rings (SSSR count). The number of allylic oxidation sites excluding steroid dienone is 8. The second kappa shape index (κ2) is 18.3. The number of unbranched alkanes of at least 4 members (excludes halogenated alkanes) is 4. The summed E-state index contributed by atoms with van der Waals surface area (Å²) >= 11 is 0. The van der Waals surface area contributed by atoms with Crippen LogP contribution in [0.25, 0.3) is 0 Å². The highest BCUT2D eigenvalue weighted by Crippen LogP contribution is 2.01. The minimum Gasteiger partial charge on any atom is -0.465 e. The van der Waals surface area contributed by atoms with Crippen LogP contribution in [0.15, 0.2) is 48.6 Å². The molecule has 3 heteroatoms. The number of carbonyl (C=O) groups is 1. The number of rotatable bonds is 14. The Bertz CT molecular complexity index is 381. The molecule has 0 unspecified atom stereocenters. The Morgan fingerprint density at radius 3 is 1.74 bits per heavy atom. The van der Waals surface area contributed by atoms with E-state index in [1.165, 1.54) is 25.7 Å². The van der Waals surface area contributed by atoms with Crippen molar-refractivity contribution in [2.75, 3.05) is 6.54 Å². The molecular formula is C20H33NO2. The van der Waals surface area contributed by atoms with Crippen LogP contribution in [-0.4, -0.2) is 17.7 Å². The van der Waals surface area contributed by atoms with E-state index in [0.29, 0.717) is 6.54 Å². The molecule has 130 valence electrons. The van der Waals surface area contributed by atoms with Gasteiger partial charge in [0.1, 0.15) is 0 Å². The molecule has 0 heterocycles. The monoisotopic (exact) mass is 319 g/mol. The van der Waals surface area contributed by atoms with Gasteiger partial charge < -0.3 is 10.4 Å². The van der Waals surface area contributed by atoms with Crippen LogP contribution in [0, 0.1) is 0 Å². The third-order valence-electron chi connectivity index (χ3n) is 3.28. The normalized spacial score (nSPS) is 12.2. The average Bonchev–Trinajstić information content (AvgIpc) is 2.53. The van der Waals surface area contributed by atoms with Crippen molar-refractivity contribution in [3.8, 4) is 0 Å². The molecule has 0 saturated heterocycles. The van der Waals surface area contributed by atoms with Gasteiger partial charge in [0.2, 0.25) is 0 Å². The maximum atomic E-state index is 10.2. The fourth-order valence-electron chi connectivity index (χ4n) is 1.98. The lowest BCUT2D eigenvalue weighted by Crippen LogP contribution is -2.21. The van der Waals surface area contributed by atoms with E-state index in [-0.39, 0.29) is 0 Å². The zero-order valence-electron chi connectivity index (χ0n) is 14.5. The molecule has 0 aliphatic heterocycles. The summed E-state index contributed by atoms with van der Waals surface area (Å²) in [5.74, 6) is 0. The Kier molecular flexibility index (Phi) is 16.9. The first-order chi connectivity index (χ1) is 11.3. The van der Waals surface area contributed by atoms with Gasteiger partial charge in [0, 0.05) is 6.54 Å². The lowest BCUT2D eigenvalue weighted by Gasteiger charge is -1.96. The first kappa shape index (κ1) is 21.2. The van der Waals surface area contributed by atoms with Crippen LogP contribution in [0.4, 0.5) is 4.79 Å². The SMILES string of the molecule is CCCCC/C=C\C/C=C\C/C=C\C/C=C\CCCNC(=O)O. The molecule has 0 aliphatic carbocycles. The maximum absolute atomic E-state index is 10.2. The van der Waals surface area contributed by atoms with E-state index in [0.717, 1.165) is 32.1 Å². The van der Waals surface area contributed by atoms with E-state index in [9.17, 15) is 4.79 Å². The van der Waals surface area contributed by atoms with Crippen molar-refractivity contribution in [2.24, 2.45) is 0 Å². The van der Waals surface area contributed by atoms with Gasteiger partial charge in [0.25, 0.3) is 0 Å². The highest BCUT2D eigenvalue weighted by Gasteiger charge is 1.90. The summed E-state index contributed by atoms with van der Waals surface area (Å²) in [6, 6.07) is 0. The van der Waals surface area contributed by atoms with Crippen LogP contribution in [0.5, 0.6) is 0 Å². The van der Waals surface area contributed by atoms with E-state index in [4.69, 9.17) is 5.11 Å². The largest absolute Gasteiger partial charge is 0.465 e. The molecule has 0 fully saturated rings. The van der Waals surface area contributed by atoms with Gasteiger partial charge in [-0.05, 0) is 44.9 Å². The molecule has 0 aromatic carbocycles. The molecule has 23 heavy (non-hydrogen) atoms. The van der Waals surface area contributed by atoms with Crippen LogP contribution < -0.4 is 5.32 Å². The second-order valence-electron chi connectivity index (χ2n) is 5.46. The van der Waals surface area contributed by atoms with Gasteiger partial charge in [-0.1, -0.05) is 68.4 Å². The molecule has 0 spiro atoms. The summed E-state index contributed by atoms with van der Waals surface area (Å²) in [4.78, 5) is 10.2. The highest BCUT2D eigenvalue weighted by atomic mass is 16.4.